The van der Waals surface area contributed by atoms with Crippen molar-refractivity contribution in [3.8, 4) is 0 Å². The zero-order valence-electron chi connectivity index (χ0n) is 11.8. The zero-order chi connectivity index (χ0) is 13.5. The van der Waals surface area contributed by atoms with Crippen molar-refractivity contribution in [3.63, 3.8) is 0 Å². The quantitative estimate of drug-likeness (QED) is 0.655. The Labute approximate surface area is 110 Å². The number of amides is 1. The molecule has 0 aromatic heterocycles. The molecule has 0 radical (unpaired) electrons. The third-order valence-electron chi connectivity index (χ3n) is 3.68. The number of carbonyl (C=O) groups excluding carboxylic acids is 2. The van der Waals surface area contributed by atoms with Gasteiger partial charge in [0.15, 0.2) is 0 Å². The molecule has 1 aliphatic rings. The van der Waals surface area contributed by atoms with Gasteiger partial charge in [-0.2, -0.15) is 0 Å². The van der Waals surface area contributed by atoms with Crippen LogP contribution in [0, 0.1) is 11.8 Å². The second-order valence-corrected chi connectivity index (χ2v) is 5.22. The summed E-state index contributed by atoms with van der Waals surface area (Å²) in [5, 5.41) is 0. The molecule has 1 aliphatic heterocycles. The first-order chi connectivity index (χ1) is 8.58. The minimum atomic E-state index is -0.258. The van der Waals surface area contributed by atoms with Gasteiger partial charge in [0.1, 0.15) is 0 Å². The molecular weight excluding hydrogens is 230 g/mol. The van der Waals surface area contributed by atoms with Crippen molar-refractivity contribution in [2.45, 2.75) is 46.0 Å². The third-order valence-corrected chi connectivity index (χ3v) is 3.68. The topological polar surface area (TPSA) is 46.6 Å². The Morgan fingerprint density at radius 2 is 2.22 bits per heavy atom. The van der Waals surface area contributed by atoms with E-state index in [0.29, 0.717) is 25.5 Å². The highest BCUT2D eigenvalue weighted by atomic mass is 16.5. The van der Waals surface area contributed by atoms with Crippen LogP contribution in [0.5, 0.6) is 0 Å². The minimum absolute atomic E-state index is 0.0370. The third kappa shape index (κ3) is 4.31. The second-order valence-electron chi connectivity index (χ2n) is 5.22. The van der Waals surface area contributed by atoms with E-state index in [9.17, 15) is 9.59 Å². The first kappa shape index (κ1) is 15.0. The van der Waals surface area contributed by atoms with Gasteiger partial charge in [-0.3, -0.25) is 9.59 Å². The van der Waals surface area contributed by atoms with E-state index in [4.69, 9.17) is 4.74 Å². The van der Waals surface area contributed by atoms with Crippen LogP contribution in [-0.2, 0) is 14.3 Å². The summed E-state index contributed by atoms with van der Waals surface area (Å²) in [4.78, 5) is 24.8. The van der Waals surface area contributed by atoms with Crippen molar-refractivity contribution in [2.24, 2.45) is 11.8 Å². The van der Waals surface area contributed by atoms with Gasteiger partial charge in [0, 0.05) is 20.0 Å². The number of ether oxygens (including phenoxy) is 1. The van der Waals surface area contributed by atoms with Crippen molar-refractivity contribution >= 4 is 11.9 Å². The first-order valence-corrected chi connectivity index (χ1v) is 6.99. The second kappa shape index (κ2) is 7.39. The molecule has 0 aliphatic carbocycles. The fourth-order valence-electron chi connectivity index (χ4n) is 2.24. The van der Waals surface area contributed by atoms with E-state index in [1.807, 2.05) is 0 Å². The number of hydrogen-bond acceptors (Lipinski definition) is 3. The molecule has 0 aromatic rings. The van der Waals surface area contributed by atoms with Crippen LogP contribution >= 0.6 is 0 Å². The SMILES string of the molecule is CCCCC(CC)COC(=O)C1CC(=O)N(C)C1. The van der Waals surface area contributed by atoms with E-state index in [1.54, 1.807) is 11.9 Å². The van der Waals surface area contributed by atoms with Gasteiger partial charge in [0.2, 0.25) is 5.91 Å². The molecule has 0 spiro atoms. The lowest BCUT2D eigenvalue weighted by atomic mass is 10.0. The molecule has 4 nitrogen and oxygen atoms in total. The van der Waals surface area contributed by atoms with Gasteiger partial charge in [-0.05, 0) is 12.3 Å². The first-order valence-electron chi connectivity index (χ1n) is 6.99. The summed E-state index contributed by atoms with van der Waals surface area (Å²) in [5.41, 5.74) is 0. The van der Waals surface area contributed by atoms with Crippen LogP contribution in [0.25, 0.3) is 0 Å². The predicted molar refractivity (Wildman–Crippen MR) is 70.0 cm³/mol. The van der Waals surface area contributed by atoms with E-state index in [2.05, 4.69) is 13.8 Å². The Bertz CT molecular complexity index is 291. The van der Waals surface area contributed by atoms with Crippen molar-refractivity contribution in [1.29, 1.82) is 0 Å². The van der Waals surface area contributed by atoms with Crippen LogP contribution in [0.15, 0.2) is 0 Å². The molecule has 1 saturated heterocycles. The van der Waals surface area contributed by atoms with Gasteiger partial charge in [-0.15, -0.1) is 0 Å². The normalized spacial score (nSPS) is 21.2. The van der Waals surface area contributed by atoms with E-state index in [0.717, 1.165) is 12.8 Å². The van der Waals surface area contributed by atoms with Crippen molar-refractivity contribution < 1.29 is 14.3 Å². The van der Waals surface area contributed by atoms with Gasteiger partial charge in [0.25, 0.3) is 0 Å². The highest BCUT2D eigenvalue weighted by Crippen LogP contribution is 2.19. The van der Waals surface area contributed by atoms with Gasteiger partial charge in [-0.25, -0.2) is 0 Å². The maximum absolute atomic E-state index is 11.8. The summed E-state index contributed by atoms with van der Waals surface area (Å²) < 4.78 is 5.35. The van der Waals surface area contributed by atoms with E-state index >= 15 is 0 Å². The van der Waals surface area contributed by atoms with Gasteiger partial charge < -0.3 is 9.64 Å². The van der Waals surface area contributed by atoms with Crippen molar-refractivity contribution in [3.05, 3.63) is 0 Å². The number of nitrogens with zero attached hydrogens (tertiary/aromatic N) is 1. The summed E-state index contributed by atoms with van der Waals surface area (Å²) >= 11 is 0. The Morgan fingerprint density at radius 1 is 1.50 bits per heavy atom. The summed E-state index contributed by atoms with van der Waals surface area (Å²) in [5.74, 6) is 0.0348. The largest absolute Gasteiger partial charge is 0.465 e. The van der Waals surface area contributed by atoms with Crippen molar-refractivity contribution in [1.82, 2.24) is 4.90 Å². The standard InChI is InChI=1S/C14H25NO3/c1-4-6-7-11(5-2)10-18-14(17)12-8-13(16)15(3)9-12/h11-12H,4-10H2,1-3H3. The molecule has 1 heterocycles. The Hall–Kier alpha value is -1.06. The van der Waals surface area contributed by atoms with E-state index in [-0.39, 0.29) is 17.8 Å². The van der Waals surface area contributed by atoms with Gasteiger partial charge in [0.05, 0.1) is 12.5 Å². The smallest absolute Gasteiger partial charge is 0.311 e. The maximum Gasteiger partial charge on any atom is 0.311 e. The molecular formula is C14H25NO3. The summed E-state index contributed by atoms with van der Waals surface area (Å²) in [6, 6.07) is 0. The van der Waals surface area contributed by atoms with Crippen LogP contribution in [-0.4, -0.2) is 37.0 Å². The molecule has 1 rings (SSSR count). The summed E-state index contributed by atoms with van der Waals surface area (Å²) in [6.07, 6.45) is 4.81. The van der Waals surface area contributed by atoms with Gasteiger partial charge >= 0.3 is 5.97 Å². The Balaban J connectivity index is 2.29. The van der Waals surface area contributed by atoms with E-state index < -0.39 is 0 Å². The molecule has 4 heteroatoms. The van der Waals surface area contributed by atoms with Crippen LogP contribution in [0.2, 0.25) is 0 Å². The molecule has 0 aromatic carbocycles. The highest BCUT2D eigenvalue weighted by Gasteiger charge is 2.33. The Morgan fingerprint density at radius 3 is 2.72 bits per heavy atom. The van der Waals surface area contributed by atoms with Crippen LogP contribution in [0.3, 0.4) is 0 Å². The fourth-order valence-corrected chi connectivity index (χ4v) is 2.24. The van der Waals surface area contributed by atoms with Crippen molar-refractivity contribution in [2.75, 3.05) is 20.2 Å². The average molecular weight is 255 g/mol. The number of rotatable bonds is 7. The lowest BCUT2D eigenvalue weighted by Crippen LogP contribution is -2.24. The molecule has 1 amide bonds. The molecule has 18 heavy (non-hydrogen) atoms. The molecule has 0 bridgehead atoms. The molecule has 2 atom stereocenters. The monoisotopic (exact) mass is 255 g/mol. The lowest BCUT2D eigenvalue weighted by molar-refractivity contribution is -0.149. The molecule has 2 unspecified atom stereocenters. The highest BCUT2D eigenvalue weighted by molar-refractivity contribution is 5.86. The lowest BCUT2D eigenvalue weighted by Gasteiger charge is -2.16. The van der Waals surface area contributed by atoms with E-state index in [1.165, 1.54) is 12.8 Å². The fraction of sp³-hybridized carbons (Fsp3) is 0.857. The molecule has 0 saturated carbocycles. The number of likely N-dealkylation sites (tertiary alicyclic amines) is 1. The predicted octanol–water partition coefficient (Wildman–Crippen LogP) is 2.22. The number of carbonyl (C=O) groups is 2. The molecule has 104 valence electrons. The van der Waals surface area contributed by atoms with Crippen LogP contribution in [0.4, 0.5) is 0 Å². The molecule has 1 fully saturated rings. The van der Waals surface area contributed by atoms with Crippen LogP contribution < -0.4 is 0 Å². The average Bonchev–Trinajstić information content (AvgIpc) is 2.70. The maximum atomic E-state index is 11.8. The van der Waals surface area contributed by atoms with Gasteiger partial charge in [-0.1, -0.05) is 33.1 Å². The zero-order valence-corrected chi connectivity index (χ0v) is 11.8. The Kier molecular flexibility index (Phi) is 6.16. The summed E-state index contributed by atoms with van der Waals surface area (Å²) in [7, 11) is 1.73. The number of unbranched alkanes of at least 4 members (excludes halogenated alkanes) is 1. The minimum Gasteiger partial charge on any atom is -0.465 e. The molecule has 0 N–H and O–H groups in total. The summed E-state index contributed by atoms with van der Waals surface area (Å²) in [6.45, 7) is 5.30. The number of hydrogen-bond donors (Lipinski definition) is 0. The van der Waals surface area contributed by atoms with Crippen LogP contribution in [0.1, 0.15) is 46.0 Å². The number of esters is 1.